The third-order valence-corrected chi connectivity index (χ3v) is 4.25. The number of piperidine rings is 1. The first-order chi connectivity index (χ1) is 8.83. The number of rotatable bonds is 4. The Bertz CT molecular complexity index is 259. The lowest BCUT2D eigenvalue weighted by Crippen LogP contribution is -2.53. The van der Waals surface area contributed by atoms with Gasteiger partial charge in [0.15, 0.2) is 0 Å². The van der Waals surface area contributed by atoms with Gasteiger partial charge in [0.25, 0.3) is 0 Å². The zero-order valence-corrected chi connectivity index (χ0v) is 11.2. The van der Waals surface area contributed by atoms with E-state index in [0.717, 1.165) is 32.2 Å². The van der Waals surface area contributed by atoms with Gasteiger partial charge in [0.1, 0.15) is 0 Å². The van der Waals surface area contributed by atoms with Gasteiger partial charge in [0, 0.05) is 12.6 Å². The monoisotopic (exact) mass is 254 g/mol. The summed E-state index contributed by atoms with van der Waals surface area (Å²) in [4.78, 5) is 14.5. The Kier molecular flexibility index (Phi) is 5.45. The van der Waals surface area contributed by atoms with Crippen LogP contribution in [0.2, 0.25) is 0 Å². The number of hydrogen-bond acceptors (Lipinski definition) is 3. The van der Waals surface area contributed by atoms with E-state index in [1.54, 1.807) is 0 Å². The van der Waals surface area contributed by atoms with Gasteiger partial charge in [-0.2, -0.15) is 0 Å². The minimum Gasteiger partial charge on any atom is -0.395 e. The molecule has 2 fully saturated rings. The highest BCUT2D eigenvalue weighted by Gasteiger charge is 2.30. The molecule has 18 heavy (non-hydrogen) atoms. The molecule has 2 aliphatic rings. The van der Waals surface area contributed by atoms with Crippen LogP contribution in [-0.2, 0) is 4.79 Å². The van der Waals surface area contributed by atoms with Gasteiger partial charge in [-0.1, -0.05) is 25.7 Å². The van der Waals surface area contributed by atoms with E-state index in [1.807, 2.05) is 4.90 Å². The molecule has 1 saturated carbocycles. The second-order valence-corrected chi connectivity index (χ2v) is 5.55. The first kappa shape index (κ1) is 13.8. The minimum absolute atomic E-state index is 0.00720. The predicted octanol–water partition coefficient (Wildman–Crippen LogP) is 1.28. The average molecular weight is 254 g/mol. The molecular weight excluding hydrogens is 228 g/mol. The Morgan fingerprint density at radius 3 is 2.44 bits per heavy atom. The summed E-state index contributed by atoms with van der Waals surface area (Å²) in [6, 6.07) is 0.356. The molecule has 1 heterocycles. The van der Waals surface area contributed by atoms with Gasteiger partial charge in [-0.25, -0.2) is 0 Å². The zero-order chi connectivity index (χ0) is 12.8. The number of amides is 1. The van der Waals surface area contributed by atoms with Crippen molar-refractivity contribution in [2.24, 2.45) is 0 Å². The van der Waals surface area contributed by atoms with Crippen molar-refractivity contribution >= 4 is 5.91 Å². The van der Waals surface area contributed by atoms with Crippen LogP contribution in [0.4, 0.5) is 0 Å². The van der Waals surface area contributed by atoms with E-state index >= 15 is 0 Å². The summed E-state index contributed by atoms with van der Waals surface area (Å²) in [5.74, 6) is 0.218. The number of nitrogens with zero attached hydrogens (tertiary/aromatic N) is 1. The highest BCUT2D eigenvalue weighted by molar-refractivity contribution is 5.82. The normalized spacial score (nSPS) is 25.9. The maximum absolute atomic E-state index is 12.5. The number of carbonyl (C=O) groups is 1. The van der Waals surface area contributed by atoms with Crippen LogP contribution in [0.5, 0.6) is 0 Å². The van der Waals surface area contributed by atoms with Crippen LogP contribution in [0, 0.1) is 0 Å². The number of hydrogen-bond donors (Lipinski definition) is 2. The van der Waals surface area contributed by atoms with Gasteiger partial charge in [0.05, 0.1) is 12.6 Å². The molecule has 0 bridgehead atoms. The second-order valence-electron chi connectivity index (χ2n) is 5.55. The number of nitrogens with one attached hydrogen (secondary N) is 1. The van der Waals surface area contributed by atoms with Gasteiger partial charge >= 0.3 is 0 Å². The van der Waals surface area contributed by atoms with E-state index < -0.39 is 0 Å². The van der Waals surface area contributed by atoms with Crippen molar-refractivity contribution in [1.29, 1.82) is 0 Å². The Morgan fingerprint density at radius 2 is 1.83 bits per heavy atom. The standard InChI is InChI=1S/C14H26N2O2/c17-11-10-16(12-6-2-1-3-7-12)14(18)13-8-4-5-9-15-13/h12-13,15,17H,1-11H2. The third-order valence-electron chi connectivity index (χ3n) is 4.25. The maximum atomic E-state index is 12.5. The van der Waals surface area contributed by atoms with Crippen molar-refractivity contribution in [3.63, 3.8) is 0 Å². The van der Waals surface area contributed by atoms with Gasteiger partial charge in [0.2, 0.25) is 5.91 Å². The number of carbonyl (C=O) groups excluding carboxylic acids is 1. The topological polar surface area (TPSA) is 52.6 Å². The fourth-order valence-corrected chi connectivity index (χ4v) is 3.24. The summed E-state index contributed by atoms with van der Waals surface area (Å²) in [5, 5.41) is 12.5. The maximum Gasteiger partial charge on any atom is 0.240 e. The summed E-state index contributed by atoms with van der Waals surface area (Å²) in [6.45, 7) is 1.53. The van der Waals surface area contributed by atoms with Crippen molar-refractivity contribution in [2.75, 3.05) is 19.7 Å². The molecule has 2 N–H and O–H groups in total. The van der Waals surface area contributed by atoms with Crippen molar-refractivity contribution in [3.8, 4) is 0 Å². The minimum atomic E-state index is -0.00720. The van der Waals surface area contributed by atoms with Gasteiger partial charge in [-0.05, 0) is 32.2 Å². The third kappa shape index (κ3) is 3.45. The second kappa shape index (κ2) is 7.10. The average Bonchev–Trinajstić information content (AvgIpc) is 2.46. The zero-order valence-electron chi connectivity index (χ0n) is 11.2. The molecule has 1 saturated heterocycles. The van der Waals surface area contributed by atoms with Crippen molar-refractivity contribution < 1.29 is 9.90 Å². The lowest BCUT2D eigenvalue weighted by atomic mass is 9.93. The lowest BCUT2D eigenvalue weighted by molar-refractivity contribution is -0.137. The van der Waals surface area contributed by atoms with Crippen LogP contribution in [-0.4, -0.2) is 47.7 Å². The molecule has 4 nitrogen and oxygen atoms in total. The Balaban J connectivity index is 1.96. The highest BCUT2D eigenvalue weighted by Crippen LogP contribution is 2.24. The highest BCUT2D eigenvalue weighted by atomic mass is 16.3. The molecule has 1 atom stereocenters. The van der Waals surface area contributed by atoms with Crippen molar-refractivity contribution in [3.05, 3.63) is 0 Å². The van der Waals surface area contributed by atoms with Crippen molar-refractivity contribution in [2.45, 2.75) is 63.5 Å². The molecule has 2 rings (SSSR count). The van der Waals surface area contributed by atoms with Gasteiger partial charge < -0.3 is 15.3 Å². The van der Waals surface area contributed by atoms with E-state index in [2.05, 4.69) is 5.32 Å². The first-order valence-electron chi connectivity index (χ1n) is 7.47. The number of aliphatic hydroxyl groups is 1. The molecule has 0 radical (unpaired) electrons. The Hall–Kier alpha value is -0.610. The molecule has 0 aromatic rings. The smallest absolute Gasteiger partial charge is 0.240 e. The summed E-state index contributed by atoms with van der Waals surface area (Å²) in [6.07, 6.45) is 9.22. The summed E-state index contributed by atoms with van der Waals surface area (Å²) in [7, 11) is 0. The van der Waals surface area contributed by atoms with Crippen LogP contribution < -0.4 is 5.32 Å². The summed E-state index contributed by atoms with van der Waals surface area (Å²) < 4.78 is 0. The van der Waals surface area contributed by atoms with Crippen molar-refractivity contribution in [1.82, 2.24) is 10.2 Å². The molecule has 1 unspecified atom stereocenters. The van der Waals surface area contributed by atoms with E-state index in [1.165, 1.54) is 25.7 Å². The van der Waals surface area contributed by atoms with Crippen LogP contribution in [0.3, 0.4) is 0 Å². The van der Waals surface area contributed by atoms with Crippen LogP contribution >= 0.6 is 0 Å². The molecular formula is C14H26N2O2. The largest absolute Gasteiger partial charge is 0.395 e. The van der Waals surface area contributed by atoms with Crippen LogP contribution in [0.25, 0.3) is 0 Å². The van der Waals surface area contributed by atoms with Crippen LogP contribution in [0.1, 0.15) is 51.4 Å². The first-order valence-corrected chi connectivity index (χ1v) is 7.47. The summed E-state index contributed by atoms with van der Waals surface area (Å²) >= 11 is 0. The van der Waals surface area contributed by atoms with Crippen LogP contribution in [0.15, 0.2) is 0 Å². The SMILES string of the molecule is O=C(C1CCCCN1)N(CCO)C1CCCCC1. The summed E-state index contributed by atoms with van der Waals surface area (Å²) in [5.41, 5.74) is 0. The van der Waals surface area contributed by atoms with E-state index in [0.29, 0.717) is 12.6 Å². The Labute approximate surface area is 110 Å². The van der Waals surface area contributed by atoms with E-state index in [-0.39, 0.29) is 18.6 Å². The molecule has 104 valence electrons. The molecule has 0 aromatic carbocycles. The molecule has 4 heteroatoms. The molecule has 0 aromatic heterocycles. The van der Waals surface area contributed by atoms with E-state index in [4.69, 9.17) is 0 Å². The molecule has 1 aliphatic carbocycles. The quantitative estimate of drug-likeness (QED) is 0.794. The fourth-order valence-electron chi connectivity index (χ4n) is 3.24. The molecule has 0 spiro atoms. The lowest BCUT2D eigenvalue weighted by Gasteiger charge is -2.37. The van der Waals surface area contributed by atoms with Gasteiger partial charge in [-0.15, -0.1) is 0 Å². The molecule has 1 amide bonds. The Morgan fingerprint density at radius 1 is 1.11 bits per heavy atom. The predicted molar refractivity (Wildman–Crippen MR) is 71.3 cm³/mol. The molecule has 1 aliphatic heterocycles. The number of aliphatic hydroxyl groups excluding tert-OH is 1. The fraction of sp³-hybridized carbons (Fsp3) is 0.929. The van der Waals surface area contributed by atoms with E-state index in [9.17, 15) is 9.90 Å². The van der Waals surface area contributed by atoms with Gasteiger partial charge in [-0.3, -0.25) is 4.79 Å².